The highest BCUT2D eigenvalue weighted by Gasteiger charge is 2.18. The summed E-state index contributed by atoms with van der Waals surface area (Å²) in [6, 6.07) is 4.00. The molecule has 2 rings (SSSR count). The van der Waals surface area contributed by atoms with Gasteiger partial charge < -0.3 is 10.1 Å². The highest BCUT2D eigenvalue weighted by atomic mass is 16.5. The molecule has 3 nitrogen and oxygen atoms in total. The van der Waals surface area contributed by atoms with E-state index >= 15 is 0 Å². The van der Waals surface area contributed by atoms with Crippen molar-refractivity contribution in [2.24, 2.45) is 0 Å². The molecule has 1 aliphatic heterocycles. The number of ether oxygens (including phenoxy) is 1. The Labute approximate surface area is 84.5 Å². The second-order valence-corrected chi connectivity index (χ2v) is 3.68. The summed E-state index contributed by atoms with van der Waals surface area (Å²) < 4.78 is 5.89. The second kappa shape index (κ2) is 4.53. The van der Waals surface area contributed by atoms with Crippen molar-refractivity contribution in [1.29, 1.82) is 0 Å². The number of nitrogens with zero attached hydrogens (tertiary/aromatic N) is 1. The van der Waals surface area contributed by atoms with Crippen LogP contribution in [0.15, 0.2) is 24.5 Å². The third kappa shape index (κ3) is 2.30. The summed E-state index contributed by atoms with van der Waals surface area (Å²) >= 11 is 0. The summed E-state index contributed by atoms with van der Waals surface area (Å²) in [5.74, 6) is 0. The van der Waals surface area contributed by atoms with Gasteiger partial charge in [-0.15, -0.1) is 0 Å². The van der Waals surface area contributed by atoms with Crippen molar-refractivity contribution in [2.75, 3.05) is 13.1 Å². The van der Waals surface area contributed by atoms with E-state index in [9.17, 15) is 0 Å². The van der Waals surface area contributed by atoms with Gasteiger partial charge >= 0.3 is 0 Å². The number of pyridine rings is 1. The van der Waals surface area contributed by atoms with Crippen molar-refractivity contribution in [1.82, 2.24) is 10.3 Å². The fourth-order valence-electron chi connectivity index (χ4n) is 1.73. The zero-order valence-electron chi connectivity index (χ0n) is 8.44. The van der Waals surface area contributed by atoms with E-state index in [1.807, 2.05) is 12.3 Å². The normalized spacial score (nSPS) is 23.6. The van der Waals surface area contributed by atoms with Crippen LogP contribution in [0.4, 0.5) is 0 Å². The minimum Gasteiger partial charge on any atom is -0.369 e. The molecule has 0 radical (unpaired) electrons. The summed E-state index contributed by atoms with van der Waals surface area (Å²) in [6.45, 7) is 4.13. The SMILES string of the molecule is CC(OC1CCNC1)c1cccnc1. The van der Waals surface area contributed by atoms with Gasteiger partial charge in [0, 0.05) is 18.9 Å². The molecule has 1 aromatic rings. The molecule has 1 aliphatic rings. The first-order valence-corrected chi connectivity index (χ1v) is 5.12. The Hall–Kier alpha value is -0.930. The molecule has 0 amide bonds. The van der Waals surface area contributed by atoms with Gasteiger partial charge in [0.15, 0.2) is 0 Å². The van der Waals surface area contributed by atoms with Gasteiger partial charge in [-0.1, -0.05) is 6.07 Å². The van der Waals surface area contributed by atoms with Crippen molar-refractivity contribution < 1.29 is 4.74 Å². The van der Waals surface area contributed by atoms with E-state index in [4.69, 9.17) is 4.74 Å². The number of nitrogens with one attached hydrogen (secondary N) is 1. The fourth-order valence-corrected chi connectivity index (χ4v) is 1.73. The van der Waals surface area contributed by atoms with Crippen LogP contribution in [0.2, 0.25) is 0 Å². The predicted molar refractivity (Wildman–Crippen MR) is 55.0 cm³/mol. The van der Waals surface area contributed by atoms with Gasteiger partial charge in [-0.05, 0) is 31.5 Å². The lowest BCUT2D eigenvalue weighted by molar-refractivity contribution is 0.00812. The number of aromatic nitrogens is 1. The van der Waals surface area contributed by atoms with Crippen LogP contribution in [-0.2, 0) is 4.74 Å². The molecule has 0 aliphatic carbocycles. The molecule has 14 heavy (non-hydrogen) atoms. The van der Waals surface area contributed by atoms with E-state index in [0.717, 1.165) is 25.1 Å². The number of hydrogen-bond acceptors (Lipinski definition) is 3. The average Bonchev–Trinajstić information content (AvgIpc) is 2.72. The Morgan fingerprint density at radius 3 is 3.21 bits per heavy atom. The molecule has 2 unspecified atom stereocenters. The van der Waals surface area contributed by atoms with Crippen LogP contribution >= 0.6 is 0 Å². The van der Waals surface area contributed by atoms with Crippen molar-refractivity contribution in [3.05, 3.63) is 30.1 Å². The molecule has 2 atom stereocenters. The predicted octanol–water partition coefficient (Wildman–Crippen LogP) is 1.52. The van der Waals surface area contributed by atoms with E-state index in [1.54, 1.807) is 6.20 Å². The number of hydrogen-bond donors (Lipinski definition) is 1. The van der Waals surface area contributed by atoms with Crippen LogP contribution in [0.25, 0.3) is 0 Å². The highest BCUT2D eigenvalue weighted by molar-refractivity contribution is 5.11. The molecular weight excluding hydrogens is 176 g/mol. The first-order valence-electron chi connectivity index (χ1n) is 5.12. The zero-order chi connectivity index (χ0) is 9.80. The van der Waals surface area contributed by atoms with E-state index < -0.39 is 0 Å². The zero-order valence-corrected chi connectivity index (χ0v) is 8.44. The van der Waals surface area contributed by atoms with Gasteiger partial charge in [0.1, 0.15) is 0 Å². The highest BCUT2D eigenvalue weighted by Crippen LogP contribution is 2.19. The van der Waals surface area contributed by atoms with Gasteiger partial charge in [-0.3, -0.25) is 4.98 Å². The third-order valence-corrected chi connectivity index (χ3v) is 2.57. The summed E-state index contributed by atoms with van der Waals surface area (Å²) in [6.07, 6.45) is 5.28. The summed E-state index contributed by atoms with van der Waals surface area (Å²) in [7, 11) is 0. The van der Waals surface area contributed by atoms with Crippen molar-refractivity contribution in [3.8, 4) is 0 Å². The first-order chi connectivity index (χ1) is 6.86. The molecule has 1 N–H and O–H groups in total. The van der Waals surface area contributed by atoms with Gasteiger partial charge in [-0.25, -0.2) is 0 Å². The fraction of sp³-hybridized carbons (Fsp3) is 0.545. The van der Waals surface area contributed by atoms with Gasteiger partial charge in [0.25, 0.3) is 0 Å². The summed E-state index contributed by atoms with van der Waals surface area (Å²) in [4.78, 5) is 4.08. The lowest BCUT2D eigenvalue weighted by atomic mass is 10.2. The summed E-state index contributed by atoms with van der Waals surface area (Å²) in [5, 5.41) is 3.29. The van der Waals surface area contributed by atoms with Gasteiger partial charge in [0.05, 0.1) is 12.2 Å². The molecule has 0 saturated carbocycles. The van der Waals surface area contributed by atoms with E-state index in [-0.39, 0.29) is 6.10 Å². The van der Waals surface area contributed by atoms with E-state index in [1.165, 1.54) is 0 Å². The van der Waals surface area contributed by atoms with Crippen LogP contribution in [-0.4, -0.2) is 24.2 Å². The lowest BCUT2D eigenvalue weighted by Crippen LogP contribution is -2.18. The standard InChI is InChI=1S/C11H16N2O/c1-9(10-3-2-5-12-7-10)14-11-4-6-13-8-11/h2-3,5,7,9,11,13H,4,6,8H2,1H3. The molecule has 0 bridgehead atoms. The molecule has 0 spiro atoms. The Balaban J connectivity index is 1.92. The molecule has 3 heteroatoms. The van der Waals surface area contributed by atoms with Gasteiger partial charge in [0.2, 0.25) is 0 Å². The molecule has 1 fully saturated rings. The Morgan fingerprint density at radius 2 is 2.57 bits per heavy atom. The molecule has 1 aromatic heterocycles. The maximum absolute atomic E-state index is 5.89. The van der Waals surface area contributed by atoms with Crippen LogP contribution in [0.5, 0.6) is 0 Å². The molecule has 2 heterocycles. The minimum absolute atomic E-state index is 0.147. The van der Waals surface area contributed by atoms with Crippen LogP contribution < -0.4 is 5.32 Å². The van der Waals surface area contributed by atoms with Gasteiger partial charge in [-0.2, -0.15) is 0 Å². The second-order valence-electron chi connectivity index (χ2n) is 3.68. The van der Waals surface area contributed by atoms with Crippen molar-refractivity contribution in [2.45, 2.75) is 25.6 Å². The molecule has 76 valence electrons. The third-order valence-electron chi connectivity index (χ3n) is 2.57. The maximum Gasteiger partial charge on any atom is 0.0816 e. The molecular formula is C11H16N2O. The smallest absolute Gasteiger partial charge is 0.0816 e. The van der Waals surface area contributed by atoms with Crippen LogP contribution in [0.1, 0.15) is 25.0 Å². The van der Waals surface area contributed by atoms with E-state index in [2.05, 4.69) is 23.3 Å². The lowest BCUT2D eigenvalue weighted by Gasteiger charge is -2.17. The Kier molecular flexibility index (Phi) is 3.11. The summed E-state index contributed by atoms with van der Waals surface area (Å²) in [5.41, 5.74) is 1.15. The number of rotatable bonds is 3. The average molecular weight is 192 g/mol. The van der Waals surface area contributed by atoms with Crippen molar-refractivity contribution in [3.63, 3.8) is 0 Å². The van der Waals surface area contributed by atoms with Crippen molar-refractivity contribution >= 4 is 0 Å². The van der Waals surface area contributed by atoms with Crippen LogP contribution in [0, 0.1) is 0 Å². The molecule has 1 saturated heterocycles. The largest absolute Gasteiger partial charge is 0.369 e. The Bertz CT molecular complexity index is 270. The minimum atomic E-state index is 0.147. The van der Waals surface area contributed by atoms with E-state index in [0.29, 0.717) is 6.10 Å². The monoisotopic (exact) mass is 192 g/mol. The Morgan fingerprint density at radius 1 is 1.64 bits per heavy atom. The maximum atomic E-state index is 5.89. The van der Waals surface area contributed by atoms with Crippen LogP contribution in [0.3, 0.4) is 0 Å². The first kappa shape index (κ1) is 9.62. The molecule has 0 aromatic carbocycles. The quantitative estimate of drug-likeness (QED) is 0.788. The topological polar surface area (TPSA) is 34.1 Å².